The predicted molar refractivity (Wildman–Crippen MR) is 80.1 cm³/mol. The number of nitrogens with two attached hydrogens (primary N) is 1. The summed E-state index contributed by atoms with van der Waals surface area (Å²) >= 11 is 0. The number of amides is 1. The van der Waals surface area contributed by atoms with Gasteiger partial charge in [-0.2, -0.15) is 0 Å². The van der Waals surface area contributed by atoms with Gasteiger partial charge in [0.15, 0.2) is 0 Å². The zero-order valence-electron chi connectivity index (χ0n) is 13.0. The lowest BCUT2D eigenvalue weighted by molar-refractivity contribution is -0.124. The Bertz CT molecular complexity index is 234. The highest BCUT2D eigenvalue weighted by atomic mass is 16.5. The lowest BCUT2D eigenvalue weighted by Gasteiger charge is -2.27. The first kappa shape index (κ1) is 18.4. The van der Waals surface area contributed by atoms with Crippen LogP contribution in [0.1, 0.15) is 65.7 Å². The summed E-state index contributed by atoms with van der Waals surface area (Å²) in [5.74, 6) is -0.299. The molecule has 0 aliphatic heterocycles. The first-order valence-corrected chi connectivity index (χ1v) is 7.69. The van der Waals surface area contributed by atoms with E-state index in [1.807, 2.05) is 6.92 Å². The number of ether oxygens (including phenoxy) is 1. The topological polar surface area (TPSA) is 64.3 Å². The van der Waals surface area contributed by atoms with Crippen molar-refractivity contribution in [2.24, 2.45) is 5.73 Å². The van der Waals surface area contributed by atoms with E-state index < -0.39 is 5.54 Å². The molecule has 0 aliphatic rings. The Morgan fingerprint density at radius 3 is 2.37 bits per heavy atom. The predicted octanol–water partition coefficient (Wildman–Crippen LogP) is 2.61. The first-order valence-electron chi connectivity index (χ1n) is 7.69. The average Bonchev–Trinajstić information content (AvgIpc) is 2.39. The van der Waals surface area contributed by atoms with E-state index in [1.54, 1.807) is 0 Å². The van der Waals surface area contributed by atoms with Crippen LogP contribution in [0, 0.1) is 0 Å². The maximum atomic E-state index is 11.5. The van der Waals surface area contributed by atoms with Crippen LogP contribution < -0.4 is 11.1 Å². The van der Waals surface area contributed by atoms with Crippen LogP contribution in [0.15, 0.2) is 0 Å². The third-order valence-corrected chi connectivity index (χ3v) is 3.45. The number of carbonyl (C=O) groups excluding carboxylic acids is 1. The van der Waals surface area contributed by atoms with E-state index >= 15 is 0 Å². The smallest absolute Gasteiger partial charge is 0.237 e. The second kappa shape index (κ2) is 11.2. The fraction of sp³-hybridized carbons (Fsp3) is 0.933. The van der Waals surface area contributed by atoms with Crippen molar-refractivity contribution in [2.75, 3.05) is 19.8 Å². The fourth-order valence-corrected chi connectivity index (χ4v) is 1.89. The minimum atomic E-state index is -0.641. The molecule has 0 bridgehead atoms. The molecule has 0 radical (unpaired) electrons. The van der Waals surface area contributed by atoms with Gasteiger partial charge in [-0.15, -0.1) is 0 Å². The van der Waals surface area contributed by atoms with Gasteiger partial charge in [-0.1, -0.05) is 39.5 Å². The minimum Gasteiger partial charge on any atom is -0.381 e. The SMILES string of the molecule is CCCCCCCOCCC(C)(NCCC)C(N)=O. The van der Waals surface area contributed by atoms with Gasteiger partial charge in [-0.3, -0.25) is 4.79 Å². The molecule has 0 rings (SSSR count). The Morgan fingerprint density at radius 2 is 1.79 bits per heavy atom. The monoisotopic (exact) mass is 272 g/mol. The van der Waals surface area contributed by atoms with Crippen LogP contribution in [0.3, 0.4) is 0 Å². The Labute approximate surface area is 118 Å². The molecule has 0 aromatic rings. The molecule has 1 unspecified atom stereocenters. The van der Waals surface area contributed by atoms with Gasteiger partial charge in [0.1, 0.15) is 0 Å². The minimum absolute atomic E-state index is 0.299. The van der Waals surface area contributed by atoms with Crippen molar-refractivity contribution >= 4 is 5.91 Å². The molecule has 19 heavy (non-hydrogen) atoms. The Hall–Kier alpha value is -0.610. The van der Waals surface area contributed by atoms with E-state index in [2.05, 4.69) is 19.2 Å². The molecule has 1 atom stereocenters. The summed E-state index contributed by atoms with van der Waals surface area (Å²) in [6.45, 7) is 8.31. The summed E-state index contributed by atoms with van der Waals surface area (Å²) in [5, 5.41) is 3.21. The lowest BCUT2D eigenvalue weighted by atomic mass is 9.97. The zero-order chi connectivity index (χ0) is 14.6. The van der Waals surface area contributed by atoms with Crippen LogP contribution in [0.4, 0.5) is 0 Å². The summed E-state index contributed by atoms with van der Waals surface area (Å²) in [6.07, 6.45) is 7.82. The van der Waals surface area contributed by atoms with Crippen LogP contribution in [-0.4, -0.2) is 31.2 Å². The number of unbranched alkanes of at least 4 members (excludes halogenated alkanes) is 4. The molecule has 0 saturated carbocycles. The van der Waals surface area contributed by atoms with Gasteiger partial charge in [0.05, 0.1) is 5.54 Å². The van der Waals surface area contributed by atoms with Gasteiger partial charge in [0, 0.05) is 13.2 Å². The van der Waals surface area contributed by atoms with E-state index in [0.29, 0.717) is 13.0 Å². The number of primary amides is 1. The molecule has 0 fully saturated rings. The van der Waals surface area contributed by atoms with Gasteiger partial charge >= 0.3 is 0 Å². The van der Waals surface area contributed by atoms with Gasteiger partial charge in [-0.05, 0) is 32.7 Å². The van der Waals surface area contributed by atoms with E-state index in [4.69, 9.17) is 10.5 Å². The van der Waals surface area contributed by atoms with Crippen molar-refractivity contribution < 1.29 is 9.53 Å². The quantitative estimate of drug-likeness (QED) is 0.507. The molecule has 114 valence electrons. The molecule has 4 heteroatoms. The van der Waals surface area contributed by atoms with Gasteiger partial charge in [0.2, 0.25) is 5.91 Å². The summed E-state index contributed by atoms with van der Waals surface area (Å²) in [6, 6.07) is 0. The molecule has 0 saturated heterocycles. The van der Waals surface area contributed by atoms with E-state index in [-0.39, 0.29) is 5.91 Å². The fourth-order valence-electron chi connectivity index (χ4n) is 1.89. The number of hydrogen-bond donors (Lipinski definition) is 2. The first-order chi connectivity index (χ1) is 9.06. The number of rotatable bonds is 13. The van der Waals surface area contributed by atoms with E-state index in [0.717, 1.165) is 26.0 Å². The van der Waals surface area contributed by atoms with Crippen molar-refractivity contribution in [3.05, 3.63) is 0 Å². The van der Waals surface area contributed by atoms with Crippen molar-refractivity contribution in [3.8, 4) is 0 Å². The van der Waals surface area contributed by atoms with E-state index in [1.165, 1.54) is 25.7 Å². The molecule has 0 aromatic carbocycles. The third kappa shape index (κ3) is 9.00. The summed E-state index contributed by atoms with van der Waals surface area (Å²) in [5.41, 5.74) is 4.81. The van der Waals surface area contributed by atoms with Crippen LogP contribution >= 0.6 is 0 Å². The molecule has 0 spiro atoms. The number of nitrogens with one attached hydrogen (secondary N) is 1. The highest BCUT2D eigenvalue weighted by Crippen LogP contribution is 2.10. The Kier molecular flexibility index (Phi) is 10.9. The normalized spacial score (nSPS) is 14.3. The molecule has 1 amide bonds. The number of hydrogen-bond acceptors (Lipinski definition) is 3. The average molecular weight is 272 g/mol. The maximum Gasteiger partial charge on any atom is 0.237 e. The summed E-state index contributed by atoms with van der Waals surface area (Å²) in [7, 11) is 0. The summed E-state index contributed by atoms with van der Waals surface area (Å²) in [4.78, 5) is 11.5. The van der Waals surface area contributed by atoms with Crippen LogP contribution in [0.5, 0.6) is 0 Å². The Morgan fingerprint density at radius 1 is 1.11 bits per heavy atom. The molecule has 0 heterocycles. The van der Waals surface area contributed by atoms with Crippen molar-refractivity contribution in [1.82, 2.24) is 5.32 Å². The third-order valence-electron chi connectivity index (χ3n) is 3.45. The van der Waals surface area contributed by atoms with Gasteiger partial charge < -0.3 is 15.8 Å². The van der Waals surface area contributed by atoms with Crippen LogP contribution in [0.2, 0.25) is 0 Å². The molecule has 4 nitrogen and oxygen atoms in total. The largest absolute Gasteiger partial charge is 0.381 e. The summed E-state index contributed by atoms with van der Waals surface area (Å²) < 4.78 is 5.59. The molecular weight excluding hydrogens is 240 g/mol. The highest BCUT2D eigenvalue weighted by Gasteiger charge is 2.29. The molecular formula is C15H32N2O2. The van der Waals surface area contributed by atoms with Crippen LogP contribution in [0.25, 0.3) is 0 Å². The standard InChI is InChI=1S/C15H32N2O2/c1-4-6-7-8-9-12-19-13-10-15(3,14(16)18)17-11-5-2/h17H,4-13H2,1-3H3,(H2,16,18). The van der Waals surface area contributed by atoms with Gasteiger partial charge in [0.25, 0.3) is 0 Å². The maximum absolute atomic E-state index is 11.5. The highest BCUT2D eigenvalue weighted by molar-refractivity contribution is 5.84. The van der Waals surface area contributed by atoms with Crippen molar-refractivity contribution in [1.29, 1.82) is 0 Å². The lowest BCUT2D eigenvalue weighted by Crippen LogP contribution is -2.54. The number of carbonyl (C=O) groups is 1. The van der Waals surface area contributed by atoms with E-state index in [9.17, 15) is 4.79 Å². The Balaban J connectivity index is 3.67. The second-order valence-electron chi connectivity index (χ2n) is 5.40. The molecule has 3 N–H and O–H groups in total. The van der Waals surface area contributed by atoms with Crippen LogP contribution in [-0.2, 0) is 9.53 Å². The molecule has 0 aliphatic carbocycles. The second-order valence-corrected chi connectivity index (χ2v) is 5.40. The van der Waals surface area contributed by atoms with Crippen molar-refractivity contribution in [3.63, 3.8) is 0 Å². The zero-order valence-corrected chi connectivity index (χ0v) is 13.0. The molecule has 0 aromatic heterocycles. The van der Waals surface area contributed by atoms with Gasteiger partial charge in [-0.25, -0.2) is 0 Å². The van der Waals surface area contributed by atoms with Crippen molar-refractivity contribution in [2.45, 2.75) is 71.3 Å².